The van der Waals surface area contributed by atoms with Crippen LogP contribution in [0.15, 0.2) is 0 Å². The number of carbonyl (C=O) groups excluding carboxylic acids is 1. The third-order valence-electron chi connectivity index (χ3n) is 3.75. The Kier molecular flexibility index (Phi) is 6.65. The van der Waals surface area contributed by atoms with Crippen LogP contribution in [-0.2, 0) is 4.79 Å². The van der Waals surface area contributed by atoms with E-state index in [4.69, 9.17) is 0 Å². The van der Waals surface area contributed by atoms with E-state index in [-0.39, 0.29) is 18.1 Å². The molecule has 1 saturated heterocycles. The van der Waals surface area contributed by atoms with Gasteiger partial charge >= 0.3 is 0 Å². The van der Waals surface area contributed by atoms with E-state index in [9.17, 15) is 9.90 Å². The van der Waals surface area contributed by atoms with Gasteiger partial charge < -0.3 is 15.7 Å². The molecule has 0 radical (unpaired) electrons. The average molecular weight is 256 g/mol. The standard InChI is InChI=1S/C14H28N2O2/c1-10(13-5-4-6-15-9-13)7-14(18)16-11(2)8-12(3)17/h10-13,15,17H,4-9H2,1-3H3,(H,16,18). The average Bonchev–Trinajstić information content (AvgIpc) is 2.28. The van der Waals surface area contributed by atoms with E-state index < -0.39 is 0 Å². The van der Waals surface area contributed by atoms with Crippen molar-refractivity contribution in [3.63, 3.8) is 0 Å². The highest BCUT2D eigenvalue weighted by Gasteiger charge is 2.22. The molecule has 1 aliphatic rings. The minimum atomic E-state index is -0.361. The molecule has 4 atom stereocenters. The zero-order valence-electron chi connectivity index (χ0n) is 11.9. The van der Waals surface area contributed by atoms with Crippen LogP contribution in [0.2, 0.25) is 0 Å². The van der Waals surface area contributed by atoms with E-state index in [1.807, 2.05) is 6.92 Å². The highest BCUT2D eigenvalue weighted by atomic mass is 16.3. The molecule has 4 unspecified atom stereocenters. The van der Waals surface area contributed by atoms with Crippen LogP contribution in [0.1, 0.15) is 46.5 Å². The van der Waals surface area contributed by atoms with Crippen LogP contribution in [0.3, 0.4) is 0 Å². The molecule has 1 aliphatic heterocycles. The Morgan fingerprint density at radius 3 is 2.72 bits per heavy atom. The maximum absolute atomic E-state index is 11.9. The number of aliphatic hydroxyl groups is 1. The van der Waals surface area contributed by atoms with Gasteiger partial charge in [-0.25, -0.2) is 0 Å². The van der Waals surface area contributed by atoms with Gasteiger partial charge in [-0.1, -0.05) is 6.92 Å². The van der Waals surface area contributed by atoms with Crippen LogP contribution in [-0.4, -0.2) is 36.2 Å². The Labute approximate surface area is 111 Å². The minimum Gasteiger partial charge on any atom is -0.393 e. The van der Waals surface area contributed by atoms with Gasteiger partial charge in [-0.05, 0) is 58.0 Å². The first-order valence-electron chi connectivity index (χ1n) is 7.17. The summed E-state index contributed by atoms with van der Waals surface area (Å²) < 4.78 is 0. The van der Waals surface area contributed by atoms with Gasteiger partial charge in [0.15, 0.2) is 0 Å². The molecule has 1 rings (SSSR count). The van der Waals surface area contributed by atoms with Gasteiger partial charge in [0, 0.05) is 12.5 Å². The summed E-state index contributed by atoms with van der Waals surface area (Å²) in [5.74, 6) is 1.16. The number of hydrogen-bond donors (Lipinski definition) is 3. The molecule has 1 fully saturated rings. The van der Waals surface area contributed by atoms with Crippen LogP contribution < -0.4 is 10.6 Å². The van der Waals surface area contributed by atoms with E-state index in [0.717, 1.165) is 13.1 Å². The highest BCUT2D eigenvalue weighted by Crippen LogP contribution is 2.22. The molecular weight excluding hydrogens is 228 g/mol. The normalized spacial score (nSPS) is 25.2. The molecule has 4 heteroatoms. The van der Waals surface area contributed by atoms with Gasteiger partial charge in [-0.2, -0.15) is 0 Å². The molecule has 0 aromatic heterocycles. The lowest BCUT2D eigenvalue weighted by Gasteiger charge is -2.28. The van der Waals surface area contributed by atoms with Crippen molar-refractivity contribution in [2.45, 2.75) is 58.6 Å². The second kappa shape index (κ2) is 7.74. The lowest BCUT2D eigenvalue weighted by atomic mass is 9.85. The fraction of sp³-hybridized carbons (Fsp3) is 0.929. The summed E-state index contributed by atoms with van der Waals surface area (Å²) in [6.07, 6.45) is 3.29. The van der Waals surface area contributed by atoms with E-state index >= 15 is 0 Å². The molecule has 0 bridgehead atoms. The minimum absolute atomic E-state index is 0.0502. The molecule has 1 amide bonds. The lowest BCUT2D eigenvalue weighted by Crippen LogP contribution is -2.38. The predicted molar refractivity (Wildman–Crippen MR) is 73.3 cm³/mol. The van der Waals surface area contributed by atoms with E-state index in [1.165, 1.54) is 12.8 Å². The van der Waals surface area contributed by atoms with Crippen LogP contribution in [0.25, 0.3) is 0 Å². The molecule has 0 spiro atoms. The van der Waals surface area contributed by atoms with Gasteiger partial charge in [0.05, 0.1) is 6.10 Å². The quantitative estimate of drug-likeness (QED) is 0.671. The Morgan fingerprint density at radius 1 is 1.44 bits per heavy atom. The van der Waals surface area contributed by atoms with Crippen molar-refractivity contribution >= 4 is 5.91 Å². The smallest absolute Gasteiger partial charge is 0.220 e. The molecule has 106 valence electrons. The van der Waals surface area contributed by atoms with E-state index in [1.54, 1.807) is 6.92 Å². The predicted octanol–water partition coefficient (Wildman–Crippen LogP) is 1.29. The molecule has 4 nitrogen and oxygen atoms in total. The summed E-state index contributed by atoms with van der Waals surface area (Å²) in [5.41, 5.74) is 0. The number of hydrogen-bond acceptors (Lipinski definition) is 3. The Morgan fingerprint density at radius 2 is 2.17 bits per heavy atom. The second-order valence-electron chi connectivity index (χ2n) is 5.84. The largest absolute Gasteiger partial charge is 0.393 e. The summed E-state index contributed by atoms with van der Waals surface area (Å²) in [6.45, 7) is 8.01. The van der Waals surface area contributed by atoms with Crippen LogP contribution in [0.4, 0.5) is 0 Å². The zero-order chi connectivity index (χ0) is 13.5. The van der Waals surface area contributed by atoms with Gasteiger partial charge in [-0.3, -0.25) is 4.79 Å². The molecular formula is C14H28N2O2. The monoisotopic (exact) mass is 256 g/mol. The van der Waals surface area contributed by atoms with E-state index in [0.29, 0.717) is 24.7 Å². The number of piperidine rings is 1. The molecule has 1 heterocycles. The number of rotatable bonds is 6. The maximum atomic E-state index is 11.9. The highest BCUT2D eigenvalue weighted by molar-refractivity contribution is 5.76. The molecule has 0 saturated carbocycles. The van der Waals surface area contributed by atoms with Crippen LogP contribution in [0.5, 0.6) is 0 Å². The Balaban J connectivity index is 2.25. The van der Waals surface area contributed by atoms with Gasteiger partial charge in [0.25, 0.3) is 0 Å². The second-order valence-corrected chi connectivity index (χ2v) is 5.84. The third kappa shape index (κ3) is 5.83. The fourth-order valence-electron chi connectivity index (χ4n) is 2.73. The van der Waals surface area contributed by atoms with Gasteiger partial charge in [-0.15, -0.1) is 0 Å². The van der Waals surface area contributed by atoms with Crippen LogP contribution in [0, 0.1) is 11.8 Å². The Bertz CT molecular complexity index is 250. The number of amides is 1. The van der Waals surface area contributed by atoms with Crippen molar-refractivity contribution in [2.75, 3.05) is 13.1 Å². The number of carbonyl (C=O) groups is 1. The van der Waals surface area contributed by atoms with Gasteiger partial charge in [0.1, 0.15) is 0 Å². The summed E-state index contributed by atoms with van der Waals surface area (Å²) in [5, 5.41) is 15.6. The van der Waals surface area contributed by atoms with Crippen molar-refractivity contribution < 1.29 is 9.90 Å². The first-order chi connectivity index (χ1) is 8.49. The zero-order valence-corrected chi connectivity index (χ0v) is 11.9. The first kappa shape index (κ1) is 15.4. The molecule has 18 heavy (non-hydrogen) atoms. The van der Waals surface area contributed by atoms with Crippen molar-refractivity contribution in [1.82, 2.24) is 10.6 Å². The summed E-state index contributed by atoms with van der Waals surface area (Å²) in [4.78, 5) is 11.9. The van der Waals surface area contributed by atoms with Crippen molar-refractivity contribution in [3.8, 4) is 0 Å². The maximum Gasteiger partial charge on any atom is 0.220 e. The summed E-state index contributed by atoms with van der Waals surface area (Å²) in [7, 11) is 0. The first-order valence-corrected chi connectivity index (χ1v) is 7.17. The number of nitrogens with one attached hydrogen (secondary N) is 2. The molecule has 0 aromatic carbocycles. The number of aliphatic hydroxyl groups excluding tert-OH is 1. The van der Waals surface area contributed by atoms with E-state index in [2.05, 4.69) is 17.6 Å². The topological polar surface area (TPSA) is 61.4 Å². The third-order valence-corrected chi connectivity index (χ3v) is 3.75. The molecule has 0 aromatic rings. The van der Waals surface area contributed by atoms with Crippen molar-refractivity contribution in [3.05, 3.63) is 0 Å². The van der Waals surface area contributed by atoms with Crippen LogP contribution >= 0.6 is 0 Å². The van der Waals surface area contributed by atoms with Crippen molar-refractivity contribution in [2.24, 2.45) is 11.8 Å². The lowest BCUT2D eigenvalue weighted by molar-refractivity contribution is -0.123. The summed E-state index contributed by atoms with van der Waals surface area (Å²) >= 11 is 0. The molecule has 3 N–H and O–H groups in total. The van der Waals surface area contributed by atoms with Crippen molar-refractivity contribution in [1.29, 1.82) is 0 Å². The molecule has 0 aliphatic carbocycles. The fourth-order valence-corrected chi connectivity index (χ4v) is 2.73. The SMILES string of the molecule is CC(O)CC(C)NC(=O)CC(C)C1CCCNC1. The summed E-state index contributed by atoms with van der Waals surface area (Å²) in [6, 6.07) is 0.0502. The van der Waals surface area contributed by atoms with Gasteiger partial charge in [0.2, 0.25) is 5.91 Å². The Hall–Kier alpha value is -0.610.